The maximum atomic E-state index is 9.09. The van der Waals surface area contributed by atoms with E-state index in [1.54, 1.807) is 0 Å². The fraction of sp³-hybridized carbons (Fsp3) is 0.538. The number of aliphatic hydroxyl groups is 1. The molecule has 0 aliphatic rings. The van der Waals surface area contributed by atoms with Crippen LogP contribution < -0.4 is 0 Å². The Morgan fingerprint density at radius 2 is 1.73 bits per heavy atom. The van der Waals surface area contributed by atoms with Gasteiger partial charge in [0.15, 0.2) is 0 Å². The molecule has 0 spiro atoms. The van der Waals surface area contributed by atoms with Crippen molar-refractivity contribution >= 4 is 11.6 Å². The molecule has 0 saturated carbocycles. The second kappa shape index (κ2) is 5.00. The number of aliphatic hydroxyl groups excluding tert-OH is 1. The molecule has 1 N–H and O–H groups in total. The predicted molar refractivity (Wildman–Crippen MR) is 65.4 cm³/mol. The molecular weight excluding hydrogens is 208 g/mol. The van der Waals surface area contributed by atoms with E-state index in [-0.39, 0.29) is 12.0 Å². The average molecular weight is 227 g/mol. The van der Waals surface area contributed by atoms with Gasteiger partial charge in [0, 0.05) is 11.6 Å². The van der Waals surface area contributed by atoms with Crippen molar-refractivity contribution in [3.63, 3.8) is 0 Å². The zero-order valence-electron chi connectivity index (χ0n) is 9.63. The minimum Gasteiger partial charge on any atom is -0.396 e. The molecule has 0 amide bonds. The lowest BCUT2D eigenvalue weighted by molar-refractivity contribution is 0.223. The molecule has 0 aromatic heterocycles. The van der Waals surface area contributed by atoms with Crippen LogP contribution in [0, 0.1) is 5.41 Å². The first-order valence-electron chi connectivity index (χ1n) is 5.31. The normalized spacial score (nSPS) is 13.9. The van der Waals surface area contributed by atoms with Gasteiger partial charge in [0.05, 0.1) is 0 Å². The maximum Gasteiger partial charge on any atom is 0.0437 e. The molecular formula is C13H19ClO. The highest BCUT2D eigenvalue weighted by molar-refractivity contribution is 6.30. The first kappa shape index (κ1) is 12.5. The summed E-state index contributed by atoms with van der Waals surface area (Å²) < 4.78 is 0. The lowest BCUT2D eigenvalue weighted by atomic mass is 9.75. The molecule has 0 bridgehead atoms. The van der Waals surface area contributed by atoms with Crippen LogP contribution in [0.1, 0.15) is 38.7 Å². The van der Waals surface area contributed by atoms with E-state index in [9.17, 15) is 0 Å². The number of hydrogen-bond acceptors (Lipinski definition) is 1. The van der Waals surface area contributed by atoms with Crippen LogP contribution in [0.25, 0.3) is 0 Å². The first-order chi connectivity index (χ1) is 6.95. The van der Waals surface area contributed by atoms with E-state index >= 15 is 0 Å². The quantitative estimate of drug-likeness (QED) is 0.830. The molecule has 84 valence electrons. The van der Waals surface area contributed by atoms with Crippen molar-refractivity contribution < 1.29 is 5.11 Å². The van der Waals surface area contributed by atoms with Gasteiger partial charge in [-0.25, -0.2) is 0 Å². The molecule has 0 aliphatic carbocycles. The summed E-state index contributed by atoms with van der Waals surface area (Å²) in [7, 11) is 0. The number of hydrogen-bond donors (Lipinski definition) is 1. The molecule has 0 fully saturated rings. The van der Waals surface area contributed by atoms with Crippen LogP contribution in [-0.2, 0) is 0 Å². The zero-order valence-corrected chi connectivity index (χ0v) is 10.4. The molecule has 15 heavy (non-hydrogen) atoms. The van der Waals surface area contributed by atoms with Crippen molar-refractivity contribution in [3.8, 4) is 0 Å². The summed E-state index contributed by atoms with van der Waals surface area (Å²) in [6.45, 7) is 6.82. The van der Waals surface area contributed by atoms with Gasteiger partial charge in [-0.2, -0.15) is 0 Å². The minimum atomic E-state index is 0.163. The van der Waals surface area contributed by atoms with Crippen molar-refractivity contribution in [3.05, 3.63) is 34.9 Å². The fourth-order valence-corrected chi connectivity index (χ4v) is 2.05. The standard InChI is InChI=1S/C13H19ClO/c1-13(2,3)12(8-9-15)10-4-6-11(14)7-5-10/h4-7,12,15H,8-9H2,1-3H3/t12-/m1/s1. The van der Waals surface area contributed by atoms with Crippen molar-refractivity contribution in [1.29, 1.82) is 0 Å². The van der Waals surface area contributed by atoms with E-state index in [2.05, 4.69) is 20.8 Å². The highest BCUT2D eigenvalue weighted by Gasteiger charge is 2.25. The summed E-state index contributed by atoms with van der Waals surface area (Å²) in [5.74, 6) is 0.375. The third-order valence-electron chi connectivity index (χ3n) is 2.74. The minimum absolute atomic E-state index is 0.163. The van der Waals surface area contributed by atoms with Gasteiger partial charge >= 0.3 is 0 Å². The Morgan fingerprint density at radius 1 is 1.20 bits per heavy atom. The molecule has 1 aromatic rings. The lowest BCUT2D eigenvalue weighted by Gasteiger charge is -2.30. The maximum absolute atomic E-state index is 9.09. The molecule has 0 aliphatic heterocycles. The van der Waals surface area contributed by atoms with E-state index in [1.165, 1.54) is 5.56 Å². The summed E-state index contributed by atoms with van der Waals surface area (Å²) >= 11 is 5.86. The Bertz CT molecular complexity index is 297. The smallest absolute Gasteiger partial charge is 0.0437 e. The van der Waals surface area contributed by atoms with Gasteiger partial charge in [-0.1, -0.05) is 44.5 Å². The van der Waals surface area contributed by atoms with Crippen molar-refractivity contribution in [2.75, 3.05) is 6.61 Å². The van der Waals surface area contributed by atoms with Gasteiger partial charge in [-0.15, -0.1) is 0 Å². The summed E-state index contributed by atoms with van der Waals surface area (Å²) in [4.78, 5) is 0. The molecule has 1 nitrogen and oxygen atoms in total. The second-order valence-corrected chi connectivity index (χ2v) is 5.42. The SMILES string of the molecule is CC(C)(C)[C@H](CCO)c1ccc(Cl)cc1. The van der Waals surface area contributed by atoms with Crippen LogP contribution in [-0.4, -0.2) is 11.7 Å². The Balaban J connectivity index is 2.94. The molecule has 1 rings (SSSR count). The third kappa shape index (κ3) is 3.51. The van der Waals surface area contributed by atoms with E-state index in [0.29, 0.717) is 5.92 Å². The second-order valence-electron chi connectivity index (χ2n) is 4.98. The summed E-state index contributed by atoms with van der Waals surface area (Å²) in [6.07, 6.45) is 0.797. The van der Waals surface area contributed by atoms with Crippen molar-refractivity contribution in [1.82, 2.24) is 0 Å². The van der Waals surface area contributed by atoms with E-state index < -0.39 is 0 Å². The van der Waals surface area contributed by atoms with Gasteiger partial charge in [-0.3, -0.25) is 0 Å². The van der Waals surface area contributed by atoms with Crippen LogP contribution in [0.4, 0.5) is 0 Å². The predicted octanol–water partition coefficient (Wildman–Crippen LogP) is 3.85. The Kier molecular flexibility index (Phi) is 4.18. The molecule has 2 heteroatoms. The Hall–Kier alpha value is -0.530. The van der Waals surface area contributed by atoms with Gasteiger partial charge in [0.25, 0.3) is 0 Å². The highest BCUT2D eigenvalue weighted by Crippen LogP contribution is 2.37. The summed E-state index contributed by atoms with van der Waals surface area (Å²) in [5, 5.41) is 9.85. The first-order valence-corrected chi connectivity index (χ1v) is 5.69. The molecule has 1 aromatic carbocycles. The Labute approximate surface area is 97.1 Å². The Morgan fingerprint density at radius 3 is 2.13 bits per heavy atom. The van der Waals surface area contributed by atoms with E-state index in [4.69, 9.17) is 16.7 Å². The van der Waals surface area contributed by atoms with Gasteiger partial charge in [-0.05, 0) is 35.4 Å². The number of benzene rings is 1. The summed E-state index contributed by atoms with van der Waals surface area (Å²) in [6, 6.07) is 7.92. The zero-order chi connectivity index (χ0) is 11.5. The molecule has 1 atom stereocenters. The highest BCUT2D eigenvalue weighted by atomic mass is 35.5. The third-order valence-corrected chi connectivity index (χ3v) is 2.99. The largest absolute Gasteiger partial charge is 0.396 e. The van der Waals surface area contributed by atoms with Crippen molar-refractivity contribution in [2.45, 2.75) is 33.1 Å². The van der Waals surface area contributed by atoms with Crippen LogP contribution in [0.15, 0.2) is 24.3 Å². The lowest BCUT2D eigenvalue weighted by Crippen LogP contribution is -2.19. The molecule has 0 radical (unpaired) electrons. The van der Waals surface area contributed by atoms with Crippen LogP contribution in [0.3, 0.4) is 0 Å². The topological polar surface area (TPSA) is 20.2 Å². The van der Waals surface area contributed by atoms with Crippen LogP contribution >= 0.6 is 11.6 Å². The average Bonchev–Trinajstić information content (AvgIpc) is 2.14. The molecule has 0 unspecified atom stereocenters. The van der Waals surface area contributed by atoms with Crippen LogP contribution in [0.2, 0.25) is 5.02 Å². The summed E-state index contributed by atoms with van der Waals surface area (Å²) in [5.41, 5.74) is 1.41. The van der Waals surface area contributed by atoms with Gasteiger partial charge < -0.3 is 5.11 Å². The van der Waals surface area contributed by atoms with Crippen LogP contribution in [0.5, 0.6) is 0 Å². The number of rotatable bonds is 3. The van der Waals surface area contributed by atoms with Gasteiger partial charge in [0.1, 0.15) is 0 Å². The molecule has 0 heterocycles. The van der Waals surface area contributed by atoms with E-state index in [1.807, 2.05) is 24.3 Å². The van der Waals surface area contributed by atoms with E-state index in [0.717, 1.165) is 11.4 Å². The fourth-order valence-electron chi connectivity index (χ4n) is 1.92. The van der Waals surface area contributed by atoms with Gasteiger partial charge in [0.2, 0.25) is 0 Å². The van der Waals surface area contributed by atoms with Crippen molar-refractivity contribution in [2.24, 2.45) is 5.41 Å². The number of halogens is 1. The molecule has 0 saturated heterocycles. The monoisotopic (exact) mass is 226 g/mol.